The van der Waals surface area contributed by atoms with E-state index in [1.807, 2.05) is 35.0 Å². The molecule has 10 heteroatoms. The van der Waals surface area contributed by atoms with Crippen LogP contribution in [-0.2, 0) is 16.4 Å². The molecule has 0 aliphatic carbocycles. The number of halogens is 2. The molecule has 4 rings (SSSR count). The smallest absolute Gasteiger partial charge is 0.240 e. The van der Waals surface area contributed by atoms with E-state index in [-0.39, 0.29) is 21.5 Å². The number of hydrogen-bond acceptors (Lipinski definition) is 5. The summed E-state index contributed by atoms with van der Waals surface area (Å²) in [6.07, 6.45) is 0.477. The van der Waals surface area contributed by atoms with Gasteiger partial charge in [0.15, 0.2) is 0 Å². The van der Waals surface area contributed by atoms with Crippen LogP contribution in [0.3, 0.4) is 0 Å². The number of sulfonamides is 1. The quantitative estimate of drug-likeness (QED) is 0.354. The molecule has 3 aromatic heterocycles. The van der Waals surface area contributed by atoms with Crippen molar-refractivity contribution >= 4 is 55.9 Å². The van der Waals surface area contributed by atoms with E-state index in [2.05, 4.69) is 14.9 Å². The Balaban J connectivity index is 1.59. The van der Waals surface area contributed by atoms with E-state index in [0.29, 0.717) is 6.42 Å². The van der Waals surface area contributed by atoms with E-state index in [4.69, 9.17) is 23.2 Å². The Morgan fingerprint density at radius 1 is 1.00 bits per heavy atom. The highest BCUT2D eigenvalue weighted by molar-refractivity contribution is 7.89. The number of thiophene rings is 2. The highest BCUT2D eigenvalue weighted by Gasteiger charge is 2.20. The van der Waals surface area contributed by atoms with Crippen LogP contribution in [-0.4, -0.2) is 25.2 Å². The second-order valence-corrected chi connectivity index (χ2v) is 10.7. The number of nitrogens with zero attached hydrogens (tertiary/aromatic N) is 1. The van der Waals surface area contributed by atoms with Gasteiger partial charge < -0.3 is 0 Å². The fourth-order valence-corrected chi connectivity index (χ4v) is 6.17. The molecule has 1 aromatic carbocycles. The fourth-order valence-electron chi connectivity index (χ4n) is 2.93. The molecule has 150 valence electrons. The summed E-state index contributed by atoms with van der Waals surface area (Å²) in [5.74, 6) is 0. The normalized spacial score (nSPS) is 11.8. The van der Waals surface area contributed by atoms with Crippen LogP contribution in [0.5, 0.6) is 0 Å². The second-order valence-electron chi connectivity index (χ2n) is 6.13. The maximum absolute atomic E-state index is 12.6. The van der Waals surface area contributed by atoms with Crippen LogP contribution in [0, 0.1) is 0 Å². The number of benzene rings is 1. The van der Waals surface area contributed by atoms with Crippen molar-refractivity contribution in [1.82, 2.24) is 14.9 Å². The van der Waals surface area contributed by atoms with Gasteiger partial charge in [0, 0.05) is 22.2 Å². The molecule has 0 aliphatic heterocycles. The monoisotopic (exact) mass is 483 g/mol. The van der Waals surface area contributed by atoms with Crippen molar-refractivity contribution in [3.63, 3.8) is 0 Å². The number of rotatable bonds is 7. The lowest BCUT2D eigenvalue weighted by molar-refractivity contribution is 0.581. The Kier molecular flexibility index (Phi) is 6.10. The molecule has 0 bridgehead atoms. The Bertz CT molecular complexity index is 1150. The van der Waals surface area contributed by atoms with Crippen LogP contribution in [0.25, 0.3) is 21.1 Å². The van der Waals surface area contributed by atoms with Crippen LogP contribution in [0.2, 0.25) is 10.0 Å². The van der Waals surface area contributed by atoms with Crippen molar-refractivity contribution in [2.24, 2.45) is 0 Å². The molecule has 29 heavy (non-hydrogen) atoms. The average Bonchev–Trinajstić information content (AvgIpc) is 3.41. The number of nitrogens with one attached hydrogen (secondary N) is 2. The van der Waals surface area contributed by atoms with Gasteiger partial charge in [-0.2, -0.15) is 5.10 Å². The highest BCUT2D eigenvalue weighted by Crippen LogP contribution is 2.34. The number of hydrogen-bond donors (Lipinski definition) is 2. The first kappa shape index (κ1) is 20.6. The largest absolute Gasteiger partial charge is 0.276 e. The van der Waals surface area contributed by atoms with E-state index >= 15 is 0 Å². The lowest BCUT2D eigenvalue weighted by atomic mass is 10.1. The summed E-state index contributed by atoms with van der Waals surface area (Å²) in [4.78, 5) is 2.13. The summed E-state index contributed by atoms with van der Waals surface area (Å²) in [7, 11) is -3.74. The van der Waals surface area contributed by atoms with Crippen LogP contribution < -0.4 is 4.72 Å². The molecular weight excluding hydrogens is 469 g/mol. The van der Waals surface area contributed by atoms with Crippen molar-refractivity contribution in [3.8, 4) is 21.1 Å². The van der Waals surface area contributed by atoms with Crippen molar-refractivity contribution in [2.45, 2.75) is 11.3 Å². The molecule has 0 spiro atoms. The molecule has 0 unspecified atom stereocenters. The fraction of sp³-hybridized carbons (Fsp3) is 0.105. The molecule has 0 amide bonds. The summed E-state index contributed by atoms with van der Waals surface area (Å²) in [6.45, 7) is 0.211. The third-order valence-corrected chi connectivity index (χ3v) is 7.84. The van der Waals surface area contributed by atoms with Gasteiger partial charge in [0.25, 0.3) is 0 Å². The van der Waals surface area contributed by atoms with Gasteiger partial charge in [-0.15, -0.1) is 22.7 Å². The molecule has 0 radical (unpaired) electrons. The van der Waals surface area contributed by atoms with Gasteiger partial charge in [0.1, 0.15) is 5.69 Å². The maximum atomic E-state index is 12.6. The van der Waals surface area contributed by atoms with Crippen molar-refractivity contribution < 1.29 is 8.42 Å². The zero-order valence-electron chi connectivity index (χ0n) is 14.9. The number of aromatic nitrogens is 2. The van der Waals surface area contributed by atoms with E-state index < -0.39 is 10.0 Å². The molecule has 0 fully saturated rings. The molecule has 5 nitrogen and oxygen atoms in total. The minimum absolute atomic E-state index is 0.0409. The van der Waals surface area contributed by atoms with E-state index in [1.165, 1.54) is 18.2 Å². The standard InChI is InChI=1S/C19H15Cl2N3O2S3/c20-12-9-13(21)11-14(10-12)29(25,26)22-6-5-15-18(16-3-1-7-27-16)23-24-19(15)17-4-2-8-28-17/h1-4,7-11,22H,5-6H2,(H,23,24). The Labute approximate surface area is 186 Å². The Hall–Kier alpha value is -1.68. The summed E-state index contributed by atoms with van der Waals surface area (Å²) in [5.41, 5.74) is 2.73. The molecule has 0 aliphatic rings. The molecule has 4 aromatic rings. The zero-order chi connectivity index (χ0) is 20.4. The van der Waals surface area contributed by atoms with Gasteiger partial charge in [0.2, 0.25) is 10.0 Å². The average molecular weight is 484 g/mol. The first-order chi connectivity index (χ1) is 13.9. The zero-order valence-corrected chi connectivity index (χ0v) is 18.8. The maximum Gasteiger partial charge on any atom is 0.240 e. The lowest BCUT2D eigenvalue weighted by Gasteiger charge is -2.09. The van der Waals surface area contributed by atoms with Gasteiger partial charge in [-0.05, 0) is 47.5 Å². The van der Waals surface area contributed by atoms with Gasteiger partial charge in [-0.25, -0.2) is 13.1 Å². The Morgan fingerprint density at radius 3 is 2.28 bits per heavy atom. The molecule has 0 saturated heterocycles. The summed E-state index contributed by atoms with van der Waals surface area (Å²) in [6, 6.07) is 12.2. The molecule has 2 N–H and O–H groups in total. The van der Waals surface area contributed by atoms with E-state index in [1.54, 1.807) is 22.7 Å². The summed E-state index contributed by atoms with van der Waals surface area (Å²) in [5, 5.41) is 12.1. The van der Waals surface area contributed by atoms with Crippen LogP contribution in [0.1, 0.15) is 5.56 Å². The Morgan fingerprint density at radius 2 is 1.66 bits per heavy atom. The van der Waals surface area contributed by atoms with Crippen LogP contribution in [0.4, 0.5) is 0 Å². The van der Waals surface area contributed by atoms with Gasteiger partial charge in [-0.3, -0.25) is 5.10 Å². The van der Waals surface area contributed by atoms with Crippen molar-refractivity contribution in [3.05, 3.63) is 68.8 Å². The SMILES string of the molecule is O=S(=O)(NCCc1c(-c2cccs2)n[nH]c1-c1cccs1)c1cc(Cl)cc(Cl)c1. The molecule has 0 saturated carbocycles. The third-order valence-electron chi connectivity index (χ3n) is 4.20. The van der Waals surface area contributed by atoms with E-state index in [9.17, 15) is 8.42 Å². The van der Waals surface area contributed by atoms with Gasteiger partial charge in [-0.1, -0.05) is 35.3 Å². The van der Waals surface area contributed by atoms with Crippen molar-refractivity contribution in [1.29, 1.82) is 0 Å². The first-order valence-electron chi connectivity index (χ1n) is 8.55. The number of aromatic amines is 1. The minimum Gasteiger partial charge on any atom is -0.276 e. The molecule has 0 atom stereocenters. The van der Waals surface area contributed by atoms with Crippen LogP contribution in [0.15, 0.2) is 58.1 Å². The second kappa shape index (κ2) is 8.59. The van der Waals surface area contributed by atoms with E-state index in [0.717, 1.165) is 26.7 Å². The molecule has 3 heterocycles. The van der Waals surface area contributed by atoms with Gasteiger partial charge >= 0.3 is 0 Å². The third kappa shape index (κ3) is 4.58. The summed E-state index contributed by atoms with van der Waals surface area (Å²) >= 11 is 15.1. The highest BCUT2D eigenvalue weighted by atomic mass is 35.5. The summed E-state index contributed by atoms with van der Waals surface area (Å²) < 4.78 is 27.9. The van der Waals surface area contributed by atoms with Gasteiger partial charge in [0.05, 0.1) is 20.3 Å². The predicted octanol–water partition coefficient (Wildman–Crippen LogP) is 5.69. The predicted molar refractivity (Wildman–Crippen MR) is 121 cm³/mol. The van der Waals surface area contributed by atoms with Crippen molar-refractivity contribution in [2.75, 3.05) is 6.54 Å². The lowest BCUT2D eigenvalue weighted by Crippen LogP contribution is -2.26. The topological polar surface area (TPSA) is 74.8 Å². The van der Waals surface area contributed by atoms with Crippen LogP contribution >= 0.6 is 45.9 Å². The first-order valence-corrected chi connectivity index (χ1v) is 12.5. The minimum atomic E-state index is -3.74. The molecular formula is C19H15Cl2N3O2S3. The number of H-pyrrole nitrogens is 1.